The zero-order chi connectivity index (χ0) is 39.9. The van der Waals surface area contributed by atoms with E-state index in [-0.39, 0.29) is 40.7 Å². The number of aromatic amines is 4. The third-order valence-electron chi connectivity index (χ3n) is 11.0. The molecule has 0 radical (unpaired) electrons. The van der Waals surface area contributed by atoms with Crippen molar-refractivity contribution >= 4 is 41.1 Å². The molecule has 0 saturated heterocycles. The molecule has 2 aromatic carbocycles. The number of esters is 1. The number of aliphatic carboxylic acids is 1. The Hall–Kier alpha value is -6.35. The Balaban J connectivity index is 0.000000173. The molecule has 2 fully saturated rings. The topological polar surface area (TPSA) is 241 Å². The maximum absolute atomic E-state index is 12.5. The second kappa shape index (κ2) is 14.7. The smallest absolute Gasteiger partial charge is 0.328 e. The molecule has 8 N–H and O–H groups in total. The number of carbonyl (C=O) groups is 3. The predicted molar refractivity (Wildman–Crippen MR) is 208 cm³/mol. The first-order chi connectivity index (χ1) is 26.7. The van der Waals surface area contributed by atoms with Gasteiger partial charge in [-0.05, 0) is 61.1 Å². The van der Waals surface area contributed by atoms with Gasteiger partial charge in [0.1, 0.15) is 12.1 Å². The molecule has 290 valence electrons. The number of H-pyrrole nitrogens is 4. The van der Waals surface area contributed by atoms with Crippen LogP contribution in [0.5, 0.6) is 0 Å². The second-order valence-corrected chi connectivity index (χ2v) is 15.3. The number of carbonyl (C=O) groups excluding carboxylic acids is 2. The Morgan fingerprint density at radius 2 is 1.25 bits per heavy atom. The molecular formula is C41H44N8O7. The number of ether oxygens (including phenoxy) is 1. The van der Waals surface area contributed by atoms with E-state index in [1.165, 1.54) is 14.0 Å². The summed E-state index contributed by atoms with van der Waals surface area (Å²) in [5.41, 5.74) is 10.9. The van der Waals surface area contributed by atoms with Crippen LogP contribution >= 0.6 is 0 Å². The number of hydrogen-bond acceptors (Lipinski definition) is 9. The highest BCUT2D eigenvalue weighted by atomic mass is 16.5. The van der Waals surface area contributed by atoms with Crippen molar-refractivity contribution in [3.63, 3.8) is 0 Å². The van der Waals surface area contributed by atoms with Crippen LogP contribution in [0.3, 0.4) is 0 Å². The average Bonchev–Trinajstić information content (AvgIpc) is 3.89. The van der Waals surface area contributed by atoms with E-state index in [0.29, 0.717) is 22.5 Å². The zero-order valence-corrected chi connectivity index (χ0v) is 31.5. The lowest BCUT2D eigenvalue weighted by Gasteiger charge is -2.16. The van der Waals surface area contributed by atoms with Crippen LogP contribution in [0.1, 0.15) is 81.8 Å². The number of para-hydroxylation sites is 2. The van der Waals surface area contributed by atoms with Gasteiger partial charge in [0, 0.05) is 41.0 Å². The minimum atomic E-state index is -1.06. The van der Waals surface area contributed by atoms with Gasteiger partial charge in [-0.15, -0.1) is 0 Å². The number of allylic oxidation sites excluding steroid dienone is 2. The van der Waals surface area contributed by atoms with Gasteiger partial charge in [-0.2, -0.15) is 0 Å². The summed E-state index contributed by atoms with van der Waals surface area (Å²) >= 11 is 0. The number of nitrogens with zero attached hydrogens (tertiary/aromatic N) is 2. The summed E-state index contributed by atoms with van der Waals surface area (Å²) in [4.78, 5) is 69.2. The van der Waals surface area contributed by atoms with Gasteiger partial charge in [0.05, 0.1) is 51.7 Å². The van der Waals surface area contributed by atoms with E-state index < -0.39 is 24.0 Å². The molecule has 2 saturated carbocycles. The Bertz CT molecular complexity index is 2700. The monoisotopic (exact) mass is 760 g/mol. The number of hydrogen-bond donors (Lipinski definition) is 7. The predicted octanol–water partition coefficient (Wildman–Crippen LogP) is 1.03. The number of nitrogens with one attached hydrogen (secondary N) is 5. The van der Waals surface area contributed by atoms with E-state index in [1.54, 1.807) is 12.2 Å². The van der Waals surface area contributed by atoms with Crippen LogP contribution < -0.4 is 43.3 Å². The van der Waals surface area contributed by atoms with Crippen LogP contribution in [-0.2, 0) is 30.0 Å². The van der Waals surface area contributed by atoms with Gasteiger partial charge < -0.3 is 31.1 Å². The number of benzene rings is 2. The highest BCUT2D eigenvalue weighted by Gasteiger charge is 2.43. The number of nitrogens with two attached hydrogens (primary N) is 1. The van der Waals surface area contributed by atoms with Gasteiger partial charge in [-0.25, -0.2) is 14.8 Å². The Kier molecular flexibility index (Phi) is 9.97. The van der Waals surface area contributed by atoms with Crippen molar-refractivity contribution < 1.29 is 24.2 Å². The highest BCUT2D eigenvalue weighted by Crippen LogP contribution is 2.48. The molecule has 2 aliphatic carbocycles. The third-order valence-corrected chi connectivity index (χ3v) is 11.0. The molecule has 4 aliphatic rings. The number of aromatic nitrogens is 4. The number of amides is 1. The van der Waals surface area contributed by atoms with E-state index >= 15 is 0 Å². The fourth-order valence-electron chi connectivity index (χ4n) is 7.19. The molecule has 2 aromatic heterocycles. The molecular weight excluding hydrogens is 716 g/mol. The van der Waals surface area contributed by atoms with Crippen molar-refractivity contribution in [2.75, 3.05) is 7.11 Å². The maximum Gasteiger partial charge on any atom is 0.328 e. The molecule has 2 unspecified atom stereocenters. The molecule has 56 heavy (non-hydrogen) atoms. The Morgan fingerprint density at radius 3 is 1.66 bits per heavy atom. The Morgan fingerprint density at radius 1 is 0.804 bits per heavy atom. The molecule has 0 bridgehead atoms. The van der Waals surface area contributed by atoms with E-state index in [0.717, 1.165) is 69.4 Å². The van der Waals surface area contributed by atoms with Gasteiger partial charge in [0.2, 0.25) is 5.91 Å². The van der Waals surface area contributed by atoms with Crippen molar-refractivity contribution in [1.29, 1.82) is 0 Å². The first-order valence-corrected chi connectivity index (χ1v) is 18.4. The van der Waals surface area contributed by atoms with E-state index in [9.17, 15) is 29.1 Å². The summed E-state index contributed by atoms with van der Waals surface area (Å²) in [5, 5.41) is 26.4. The highest BCUT2D eigenvalue weighted by molar-refractivity contribution is 5.87. The summed E-state index contributed by atoms with van der Waals surface area (Å²) in [7, 11) is 1.29. The summed E-state index contributed by atoms with van der Waals surface area (Å²) in [6, 6.07) is 13.2. The number of rotatable bonds is 11. The summed E-state index contributed by atoms with van der Waals surface area (Å²) in [6.45, 7) is 5.58. The van der Waals surface area contributed by atoms with Crippen molar-refractivity contribution in [1.82, 2.24) is 25.7 Å². The molecule has 1 amide bonds. The molecule has 4 heterocycles. The van der Waals surface area contributed by atoms with Crippen molar-refractivity contribution in [3.8, 4) is 0 Å². The lowest BCUT2D eigenvalue weighted by atomic mass is 9.97. The molecule has 2 aliphatic heterocycles. The second-order valence-electron chi connectivity index (χ2n) is 15.3. The van der Waals surface area contributed by atoms with Crippen molar-refractivity contribution in [2.24, 2.45) is 15.7 Å². The fourth-order valence-corrected chi connectivity index (χ4v) is 7.19. The van der Waals surface area contributed by atoms with Gasteiger partial charge in [-0.3, -0.25) is 29.4 Å². The van der Waals surface area contributed by atoms with Crippen LogP contribution in [0.4, 0.5) is 0 Å². The lowest BCUT2D eigenvalue weighted by Crippen LogP contribution is -2.41. The van der Waals surface area contributed by atoms with Gasteiger partial charge in [0.25, 0.3) is 11.1 Å². The Labute approximate surface area is 319 Å². The van der Waals surface area contributed by atoms with E-state index in [2.05, 4.69) is 44.6 Å². The van der Waals surface area contributed by atoms with Gasteiger partial charge in [0.15, 0.2) is 0 Å². The van der Waals surface area contributed by atoms with Crippen LogP contribution in [0.2, 0.25) is 0 Å². The maximum atomic E-state index is 12.5. The molecule has 15 nitrogen and oxygen atoms in total. The van der Waals surface area contributed by atoms with E-state index in [1.807, 2.05) is 48.5 Å². The molecule has 2 atom stereocenters. The third kappa shape index (κ3) is 7.49. The first kappa shape index (κ1) is 37.9. The van der Waals surface area contributed by atoms with Crippen LogP contribution in [0.15, 0.2) is 79.5 Å². The fraction of sp³-hybridized carbons (Fsp3) is 0.341. The normalized spacial score (nSPS) is 19.2. The SMILES string of the molecule is CC1(c2[nH][nH]c(=O)c2C=C2N=c3ccccc3=C2CC(N)C(=O)O)CC1.COC(=O)C(CC1=c2ccccc2=NC1=Cc1c(C2(C)CC2)[nH][nH]c1=O)NC(C)=O. The number of carboxylic acid groups (broad SMARTS) is 1. The minimum Gasteiger partial charge on any atom is -0.480 e. The van der Waals surface area contributed by atoms with E-state index in [4.69, 9.17) is 15.5 Å². The summed E-state index contributed by atoms with van der Waals surface area (Å²) < 4.78 is 4.87. The summed E-state index contributed by atoms with van der Waals surface area (Å²) in [6.07, 6.45) is 7.94. The van der Waals surface area contributed by atoms with Crippen LogP contribution in [0.25, 0.3) is 23.3 Å². The zero-order valence-electron chi connectivity index (χ0n) is 31.5. The lowest BCUT2D eigenvalue weighted by molar-refractivity contribution is -0.144. The standard InChI is InChI=1S/C22H24N4O4.C19H20N4O3/c1-12(27)23-18(21(29)30-3)10-14-13-6-4-5-7-16(13)24-17(14)11-15-19(22(2)8-9-22)25-26-20(15)28;1-19(6-7-19)16-12(17(24)23-22-16)9-15-11(8-13(20)18(25)26)10-4-2-3-5-14(10)21-15/h4-7,11,18H,8-10H2,1-3H3,(H,23,27)(H2,25,26,28);2-5,9,13H,6-8,20H2,1H3,(H,25,26)(H2,22,23,24). The first-order valence-electron chi connectivity index (χ1n) is 18.4. The molecule has 4 aromatic rings. The van der Waals surface area contributed by atoms with Gasteiger partial charge in [-0.1, -0.05) is 50.2 Å². The van der Waals surface area contributed by atoms with Crippen LogP contribution in [0, 0.1) is 0 Å². The molecule has 15 heteroatoms. The van der Waals surface area contributed by atoms with Gasteiger partial charge >= 0.3 is 11.9 Å². The largest absolute Gasteiger partial charge is 0.480 e. The van der Waals surface area contributed by atoms with Crippen molar-refractivity contribution in [3.05, 3.63) is 124 Å². The van der Waals surface area contributed by atoms with Crippen LogP contribution in [-0.4, -0.2) is 62.5 Å². The molecule has 8 rings (SSSR count). The number of carboxylic acids is 1. The van der Waals surface area contributed by atoms with Crippen molar-refractivity contribution in [2.45, 2.75) is 82.2 Å². The number of methoxy groups -OCH3 is 1. The number of fused-ring (bicyclic) bond motifs is 2. The quantitative estimate of drug-likeness (QED) is 0.109. The molecule has 0 spiro atoms. The summed E-state index contributed by atoms with van der Waals surface area (Å²) in [5.74, 6) is -1.93. The average molecular weight is 761 g/mol. The minimum absolute atomic E-state index is 0.0192.